The van der Waals surface area contributed by atoms with Crippen molar-refractivity contribution < 1.29 is 13.6 Å². The molecule has 0 aliphatic rings. The Balaban J connectivity index is 3.14. The maximum Gasteiger partial charge on any atom is 0.697 e. The van der Waals surface area contributed by atoms with Crippen LogP contribution in [-0.2, 0) is 13.6 Å². The number of hydrogen-bond donors (Lipinski definition) is 0. The molecule has 0 bridgehead atoms. The van der Waals surface area contributed by atoms with Gasteiger partial charge in [0.25, 0.3) is 0 Å². The molecule has 0 saturated carbocycles. The Morgan fingerprint density at radius 2 is 0.528 bits per heavy atom. The SMILES string of the molecule is CCCCCCCCCCCCCCCCO[P+](=O)OCCCCCCCCCCCCCCCC. The summed E-state index contributed by atoms with van der Waals surface area (Å²) in [5.41, 5.74) is 0. The van der Waals surface area contributed by atoms with Crippen molar-refractivity contribution in [2.24, 2.45) is 0 Å². The molecule has 0 spiro atoms. The Kier molecular flexibility index (Phi) is 33.1. The maximum atomic E-state index is 11.8. The highest BCUT2D eigenvalue weighted by Gasteiger charge is 2.18. The molecule has 0 fully saturated rings. The average molecular weight is 530 g/mol. The first-order valence-corrected chi connectivity index (χ1v) is 17.6. The van der Waals surface area contributed by atoms with E-state index in [-0.39, 0.29) is 0 Å². The molecular formula is C32H66O3P+. The molecule has 0 rings (SSSR count). The highest BCUT2D eigenvalue weighted by Crippen LogP contribution is 2.25. The molecular weight excluding hydrogens is 463 g/mol. The van der Waals surface area contributed by atoms with E-state index in [1.807, 2.05) is 0 Å². The normalized spacial score (nSPS) is 11.4. The van der Waals surface area contributed by atoms with Crippen LogP contribution in [0.25, 0.3) is 0 Å². The van der Waals surface area contributed by atoms with E-state index in [1.165, 1.54) is 167 Å². The summed E-state index contributed by atoms with van der Waals surface area (Å²) in [5.74, 6) is 0. The molecule has 0 aromatic rings. The van der Waals surface area contributed by atoms with Crippen molar-refractivity contribution in [1.29, 1.82) is 0 Å². The van der Waals surface area contributed by atoms with E-state index in [0.29, 0.717) is 13.2 Å². The fourth-order valence-electron chi connectivity index (χ4n) is 4.91. The molecule has 0 aliphatic heterocycles. The summed E-state index contributed by atoms with van der Waals surface area (Å²) in [6.45, 7) is 5.72. The lowest BCUT2D eigenvalue weighted by Gasteiger charge is -2.03. The van der Waals surface area contributed by atoms with Crippen LogP contribution in [0.4, 0.5) is 0 Å². The lowest BCUT2D eigenvalue weighted by molar-refractivity contribution is 0.218. The molecule has 0 heterocycles. The van der Waals surface area contributed by atoms with E-state index >= 15 is 0 Å². The Labute approximate surface area is 228 Å². The van der Waals surface area contributed by atoms with Gasteiger partial charge in [-0.15, -0.1) is 9.05 Å². The van der Waals surface area contributed by atoms with E-state index in [0.717, 1.165) is 12.8 Å². The molecule has 0 N–H and O–H groups in total. The first kappa shape index (κ1) is 36.0. The summed E-state index contributed by atoms with van der Waals surface area (Å²) < 4.78 is 22.5. The Morgan fingerprint density at radius 3 is 0.750 bits per heavy atom. The minimum absolute atomic E-state index is 0.575. The van der Waals surface area contributed by atoms with Gasteiger partial charge in [-0.3, -0.25) is 0 Å². The van der Waals surface area contributed by atoms with Crippen LogP contribution >= 0.6 is 8.25 Å². The molecule has 0 radical (unpaired) electrons. The molecule has 3 nitrogen and oxygen atoms in total. The number of hydrogen-bond acceptors (Lipinski definition) is 3. The highest BCUT2D eigenvalue weighted by atomic mass is 31.1. The first-order chi connectivity index (χ1) is 17.8. The van der Waals surface area contributed by atoms with E-state index in [4.69, 9.17) is 9.05 Å². The molecule has 0 aromatic carbocycles. The van der Waals surface area contributed by atoms with Crippen molar-refractivity contribution in [2.45, 2.75) is 194 Å². The second-order valence-corrected chi connectivity index (χ2v) is 12.0. The van der Waals surface area contributed by atoms with Crippen molar-refractivity contribution in [1.82, 2.24) is 0 Å². The predicted octanol–water partition coefficient (Wildman–Crippen LogP) is 12.6. The average Bonchev–Trinajstić information content (AvgIpc) is 2.88. The van der Waals surface area contributed by atoms with Crippen molar-refractivity contribution in [2.75, 3.05) is 13.2 Å². The minimum Gasteiger partial charge on any atom is -0.119 e. The van der Waals surface area contributed by atoms with E-state index in [1.54, 1.807) is 0 Å². The van der Waals surface area contributed by atoms with Crippen molar-refractivity contribution in [3.8, 4) is 0 Å². The van der Waals surface area contributed by atoms with Gasteiger partial charge in [0, 0.05) is 4.57 Å². The van der Waals surface area contributed by atoms with Crippen LogP contribution in [0.5, 0.6) is 0 Å². The molecule has 4 heteroatoms. The topological polar surface area (TPSA) is 35.5 Å². The van der Waals surface area contributed by atoms with Crippen LogP contribution in [0.2, 0.25) is 0 Å². The summed E-state index contributed by atoms with van der Waals surface area (Å²) in [5, 5.41) is 0. The highest BCUT2D eigenvalue weighted by molar-refractivity contribution is 7.33. The van der Waals surface area contributed by atoms with Gasteiger partial charge in [0.05, 0.1) is 0 Å². The fourth-order valence-corrected chi connectivity index (χ4v) is 5.54. The second kappa shape index (κ2) is 33.0. The molecule has 36 heavy (non-hydrogen) atoms. The monoisotopic (exact) mass is 529 g/mol. The predicted molar refractivity (Wildman–Crippen MR) is 160 cm³/mol. The Bertz CT molecular complexity index is 380. The zero-order valence-electron chi connectivity index (χ0n) is 24.9. The van der Waals surface area contributed by atoms with Gasteiger partial charge in [-0.05, 0) is 12.8 Å². The minimum atomic E-state index is -1.91. The van der Waals surface area contributed by atoms with Crippen molar-refractivity contribution in [3.05, 3.63) is 0 Å². The van der Waals surface area contributed by atoms with Gasteiger partial charge < -0.3 is 0 Å². The standard InChI is InChI=1S/C32H66O3P/c1-3-5-7-9-11-13-15-17-19-21-23-25-27-29-31-34-36(33)35-32-30-28-26-24-22-20-18-16-14-12-10-8-6-4-2/h3-32H2,1-2H3/q+1. The molecule has 0 amide bonds. The molecule has 0 unspecified atom stereocenters. The van der Waals surface area contributed by atoms with Crippen molar-refractivity contribution >= 4 is 8.25 Å². The maximum absolute atomic E-state index is 11.8. The Morgan fingerprint density at radius 1 is 0.333 bits per heavy atom. The van der Waals surface area contributed by atoms with Crippen LogP contribution in [0, 0.1) is 0 Å². The molecule has 216 valence electrons. The number of unbranched alkanes of at least 4 members (excludes halogenated alkanes) is 26. The van der Waals surface area contributed by atoms with Gasteiger partial charge in [0.15, 0.2) is 0 Å². The van der Waals surface area contributed by atoms with E-state index in [2.05, 4.69) is 13.8 Å². The largest absolute Gasteiger partial charge is 0.697 e. The van der Waals surface area contributed by atoms with E-state index < -0.39 is 8.25 Å². The first-order valence-electron chi connectivity index (χ1n) is 16.5. The molecule has 0 saturated heterocycles. The Hall–Kier alpha value is 0.0200. The zero-order valence-corrected chi connectivity index (χ0v) is 25.8. The van der Waals surface area contributed by atoms with Gasteiger partial charge in [-0.1, -0.05) is 181 Å². The van der Waals surface area contributed by atoms with Crippen LogP contribution in [-0.4, -0.2) is 13.2 Å². The fraction of sp³-hybridized carbons (Fsp3) is 1.00. The number of rotatable bonds is 32. The quantitative estimate of drug-likeness (QED) is 0.0642. The van der Waals surface area contributed by atoms with Gasteiger partial charge in [0.2, 0.25) is 0 Å². The van der Waals surface area contributed by atoms with E-state index in [9.17, 15) is 4.57 Å². The van der Waals surface area contributed by atoms with Gasteiger partial charge >= 0.3 is 8.25 Å². The summed E-state index contributed by atoms with van der Waals surface area (Å²) >= 11 is 0. The lowest BCUT2D eigenvalue weighted by atomic mass is 10.0. The summed E-state index contributed by atoms with van der Waals surface area (Å²) in [6, 6.07) is 0. The molecule has 0 aliphatic carbocycles. The van der Waals surface area contributed by atoms with Gasteiger partial charge in [-0.2, -0.15) is 0 Å². The van der Waals surface area contributed by atoms with Crippen LogP contribution in [0.3, 0.4) is 0 Å². The molecule has 0 aromatic heterocycles. The lowest BCUT2D eigenvalue weighted by Crippen LogP contribution is -1.92. The second-order valence-electron chi connectivity index (χ2n) is 11.1. The summed E-state index contributed by atoms with van der Waals surface area (Å²) in [7, 11) is -1.91. The van der Waals surface area contributed by atoms with Gasteiger partial charge in [-0.25, -0.2) is 0 Å². The third-order valence-electron chi connectivity index (χ3n) is 7.39. The van der Waals surface area contributed by atoms with Crippen LogP contribution in [0.15, 0.2) is 0 Å². The third kappa shape index (κ3) is 32.0. The molecule has 0 atom stereocenters. The summed E-state index contributed by atoms with van der Waals surface area (Å²) in [4.78, 5) is 0. The third-order valence-corrected chi connectivity index (χ3v) is 8.18. The van der Waals surface area contributed by atoms with Crippen LogP contribution in [0.1, 0.15) is 194 Å². The zero-order chi connectivity index (χ0) is 26.2. The smallest absolute Gasteiger partial charge is 0.119 e. The summed E-state index contributed by atoms with van der Waals surface area (Å²) in [6.07, 6.45) is 37.7. The van der Waals surface area contributed by atoms with Crippen molar-refractivity contribution in [3.63, 3.8) is 0 Å². The van der Waals surface area contributed by atoms with Gasteiger partial charge in [0.1, 0.15) is 13.2 Å². The van der Waals surface area contributed by atoms with Crippen LogP contribution < -0.4 is 0 Å².